The minimum absolute atomic E-state index is 0. The number of rotatable bonds is 9. The van der Waals surface area contributed by atoms with E-state index in [0.29, 0.717) is 0 Å². The number of benzene rings is 2. The molecule has 0 radical (unpaired) electrons. The molecular weight excluding hydrogens is 637 g/mol. The van der Waals surface area contributed by atoms with Gasteiger partial charge in [0, 0.05) is 50.7 Å². The smallest absolute Gasteiger partial charge is 0.162 e. The fraction of sp³-hybridized carbons (Fsp3) is 0.394. The Morgan fingerprint density at radius 2 is 1.51 bits per heavy atom. The van der Waals surface area contributed by atoms with Crippen LogP contribution < -0.4 is 0 Å². The molecule has 4 heteroatoms. The van der Waals surface area contributed by atoms with Gasteiger partial charge in [-0.2, -0.15) is 0 Å². The van der Waals surface area contributed by atoms with Crippen LogP contribution in [0.3, 0.4) is 0 Å². The van der Waals surface area contributed by atoms with Crippen molar-refractivity contribution < 1.29 is 31.0 Å². The van der Waals surface area contributed by atoms with E-state index in [-0.39, 0.29) is 44.4 Å². The zero-order chi connectivity index (χ0) is 26.7. The zero-order valence-corrected chi connectivity index (χ0v) is 25.6. The molecule has 3 rings (SSSR count). The standard InChI is InChI=1S/C20H18N.C13H24O2.Pt/c1-14-9-15(2)11-18(10-14)20-12-16(3)19(13-21-20)17-7-5-4-6-8-17;1-5-10(6-2)12(14)9-13(15)11(7-3)8-4;/h4-10,12-13H,1-3H3;9-11,14H,5-8H2,1-4H3;/q-1;;/b;12-9-;. The molecule has 0 bridgehead atoms. The van der Waals surface area contributed by atoms with Gasteiger partial charge in [0.1, 0.15) is 0 Å². The number of allylic oxidation sites excluding steroid dienone is 2. The Morgan fingerprint density at radius 1 is 0.919 bits per heavy atom. The van der Waals surface area contributed by atoms with Crippen molar-refractivity contribution in [2.24, 2.45) is 11.8 Å². The van der Waals surface area contributed by atoms with Crippen molar-refractivity contribution in [2.75, 3.05) is 0 Å². The van der Waals surface area contributed by atoms with Crippen LogP contribution in [-0.4, -0.2) is 15.9 Å². The van der Waals surface area contributed by atoms with E-state index >= 15 is 0 Å². The first kappa shape index (κ1) is 32.5. The normalized spacial score (nSPS) is 11.1. The summed E-state index contributed by atoms with van der Waals surface area (Å²) < 4.78 is 0. The average Bonchev–Trinajstić information content (AvgIpc) is 2.86. The number of hydrogen-bond acceptors (Lipinski definition) is 3. The number of carbonyl (C=O) groups is 1. The first-order valence-corrected chi connectivity index (χ1v) is 13.2. The monoisotopic (exact) mass is 679 g/mol. The maximum Gasteiger partial charge on any atom is 0.162 e. The predicted molar refractivity (Wildman–Crippen MR) is 152 cm³/mol. The molecule has 37 heavy (non-hydrogen) atoms. The summed E-state index contributed by atoms with van der Waals surface area (Å²) >= 11 is 0. The summed E-state index contributed by atoms with van der Waals surface area (Å²) in [7, 11) is 0. The average molecular weight is 680 g/mol. The van der Waals surface area contributed by atoms with Gasteiger partial charge in [0.25, 0.3) is 0 Å². The molecule has 0 fully saturated rings. The third-order valence-electron chi connectivity index (χ3n) is 6.70. The third-order valence-corrected chi connectivity index (χ3v) is 6.70. The summed E-state index contributed by atoms with van der Waals surface area (Å²) in [4.78, 5) is 16.4. The number of pyridine rings is 1. The second-order valence-corrected chi connectivity index (χ2v) is 9.50. The Bertz CT molecular complexity index is 1130. The zero-order valence-electron chi connectivity index (χ0n) is 23.4. The van der Waals surface area contributed by atoms with Gasteiger partial charge >= 0.3 is 0 Å². The summed E-state index contributed by atoms with van der Waals surface area (Å²) in [6.07, 6.45) is 6.87. The van der Waals surface area contributed by atoms with E-state index in [9.17, 15) is 9.90 Å². The van der Waals surface area contributed by atoms with E-state index in [1.807, 2.05) is 40.0 Å². The summed E-state index contributed by atoms with van der Waals surface area (Å²) in [6, 6.07) is 20.2. The fourth-order valence-electron chi connectivity index (χ4n) is 4.44. The van der Waals surface area contributed by atoms with Gasteiger partial charge in [0.15, 0.2) is 5.78 Å². The minimum Gasteiger partial charge on any atom is -0.512 e. The molecule has 1 heterocycles. The van der Waals surface area contributed by atoms with Gasteiger partial charge < -0.3 is 10.1 Å². The van der Waals surface area contributed by atoms with Gasteiger partial charge in [-0.25, -0.2) is 0 Å². The van der Waals surface area contributed by atoms with Crippen LogP contribution in [0.2, 0.25) is 0 Å². The summed E-state index contributed by atoms with van der Waals surface area (Å²) in [6.45, 7) is 14.4. The van der Waals surface area contributed by atoms with Gasteiger partial charge in [-0.05, 0) is 49.4 Å². The Balaban J connectivity index is 0.000000384. The Hall–Kier alpha value is -2.51. The number of carbonyl (C=O) groups excluding carboxylic acids is 1. The summed E-state index contributed by atoms with van der Waals surface area (Å²) in [5.74, 6) is 0.547. The van der Waals surface area contributed by atoms with Gasteiger partial charge in [-0.15, -0.1) is 34.9 Å². The molecule has 202 valence electrons. The van der Waals surface area contributed by atoms with Gasteiger partial charge in [-0.3, -0.25) is 4.79 Å². The molecule has 0 amide bonds. The van der Waals surface area contributed by atoms with Crippen molar-refractivity contribution in [1.29, 1.82) is 0 Å². The second kappa shape index (κ2) is 16.4. The van der Waals surface area contributed by atoms with Crippen molar-refractivity contribution in [3.05, 3.63) is 89.3 Å². The number of aliphatic hydroxyl groups is 1. The molecule has 0 atom stereocenters. The molecule has 0 saturated carbocycles. The Morgan fingerprint density at radius 3 is 2.03 bits per heavy atom. The first-order chi connectivity index (χ1) is 17.2. The molecule has 0 aliphatic heterocycles. The SMILES string of the molecule is CCC(CC)C(=O)/C=C(\O)C(CC)CC.Cc1[c-]c(-c2cc(C)c(-c3ccccc3)cn2)cc(C)c1.[Pt]. The molecule has 1 aromatic heterocycles. The summed E-state index contributed by atoms with van der Waals surface area (Å²) in [5.41, 5.74) is 8.07. The predicted octanol–water partition coefficient (Wildman–Crippen LogP) is 9.01. The number of aromatic nitrogens is 1. The number of aryl methyl sites for hydroxylation is 3. The maximum atomic E-state index is 11.7. The number of ketones is 1. The van der Waals surface area contributed by atoms with Crippen LogP contribution in [-0.2, 0) is 25.9 Å². The largest absolute Gasteiger partial charge is 0.512 e. The molecule has 0 aliphatic carbocycles. The number of nitrogens with zero attached hydrogens (tertiary/aromatic N) is 1. The van der Waals surface area contributed by atoms with Crippen LogP contribution in [0, 0.1) is 38.7 Å². The Kier molecular flexibility index (Phi) is 14.4. The number of hydrogen-bond donors (Lipinski definition) is 1. The third kappa shape index (κ3) is 9.71. The topological polar surface area (TPSA) is 50.2 Å². The van der Waals surface area contributed by atoms with Crippen molar-refractivity contribution in [2.45, 2.75) is 74.1 Å². The molecule has 1 N–H and O–H groups in total. The first-order valence-electron chi connectivity index (χ1n) is 13.2. The van der Waals surface area contributed by atoms with Crippen LogP contribution in [0.1, 0.15) is 70.1 Å². The van der Waals surface area contributed by atoms with Gasteiger partial charge in [0.05, 0.1) is 5.76 Å². The van der Waals surface area contributed by atoms with Crippen LogP contribution in [0.25, 0.3) is 22.4 Å². The van der Waals surface area contributed by atoms with Crippen LogP contribution in [0.5, 0.6) is 0 Å². The molecule has 2 aromatic carbocycles. The van der Waals surface area contributed by atoms with E-state index < -0.39 is 0 Å². The molecule has 0 spiro atoms. The fourth-order valence-corrected chi connectivity index (χ4v) is 4.44. The van der Waals surface area contributed by atoms with Crippen LogP contribution in [0.4, 0.5) is 0 Å². The van der Waals surface area contributed by atoms with Crippen molar-refractivity contribution in [3.8, 4) is 22.4 Å². The van der Waals surface area contributed by atoms with Gasteiger partial charge in [0.2, 0.25) is 0 Å². The molecule has 3 aromatic rings. The molecular formula is C33H42NO2Pt-. The van der Waals surface area contributed by atoms with Crippen molar-refractivity contribution in [1.82, 2.24) is 4.98 Å². The number of aliphatic hydroxyl groups excluding tert-OH is 1. The van der Waals surface area contributed by atoms with E-state index in [4.69, 9.17) is 0 Å². The molecule has 0 saturated heterocycles. The van der Waals surface area contributed by atoms with E-state index in [0.717, 1.165) is 42.5 Å². The molecule has 3 nitrogen and oxygen atoms in total. The van der Waals surface area contributed by atoms with E-state index in [2.05, 4.69) is 74.3 Å². The summed E-state index contributed by atoms with van der Waals surface area (Å²) in [5, 5.41) is 9.76. The van der Waals surface area contributed by atoms with E-state index in [1.54, 1.807) is 0 Å². The van der Waals surface area contributed by atoms with Gasteiger partial charge in [-0.1, -0.05) is 77.9 Å². The Labute approximate surface area is 238 Å². The molecule has 0 unspecified atom stereocenters. The van der Waals surface area contributed by atoms with Crippen LogP contribution in [0.15, 0.2) is 66.6 Å². The van der Waals surface area contributed by atoms with Crippen molar-refractivity contribution >= 4 is 5.78 Å². The minimum atomic E-state index is 0. The van der Waals surface area contributed by atoms with Crippen molar-refractivity contribution in [3.63, 3.8) is 0 Å². The van der Waals surface area contributed by atoms with E-state index in [1.165, 1.54) is 28.3 Å². The second-order valence-electron chi connectivity index (χ2n) is 9.50. The maximum absolute atomic E-state index is 11.7. The van der Waals surface area contributed by atoms with Crippen LogP contribution >= 0.6 is 0 Å². The molecule has 0 aliphatic rings. The quantitative estimate of drug-likeness (QED) is 0.140.